The number of carbonyl (C=O) groups is 1. The molecule has 0 bridgehead atoms. The number of amides is 1. The van der Waals surface area contributed by atoms with Gasteiger partial charge < -0.3 is 5.32 Å². The summed E-state index contributed by atoms with van der Waals surface area (Å²) in [5, 5.41) is 3.33. The molecule has 0 radical (unpaired) electrons. The third-order valence-corrected chi connectivity index (χ3v) is 5.75. The van der Waals surface area contributed by atoms with Crippen molar-refractivity contribution in [1.82, 2.24) is 0 Å². The van der Waals surface area contributed by atoms with Gasteiger partial charge in [0, 0.05) is 12.1 Å². The largest absolute Gasteiger partial charge is 0.326 e. The Balaban J connectivity index is 2.50. The Kier molecular flexibility index (Phi) is 6.91. The van der Waals surface area contributed by atoms with E-state index in [-0.39, 0.29) is 28.1 Å². The van der Waals surface area contributed by atoms with Crippen molar-refractivity contribution >= 4 is 11.6 Å². The van der Waals surface area contributed by atoms with Gasteiger partial charge in [0.05, 0.1) is 0 Å². The Hall–Kier alpha value is -2.09. The lowest BCUT2D eigenvalue weighted by Gasteiger charge is -2.33. The molecule has 0 saturated carbocycles. The minimum Gasteiger partial charge on any atom is -0.326 e. The zero-order chi connectivity index (χ0) is 22.9. The molecule has 0 aliphatic carbocycles. The van der Waals surface area contributed by atoms with Crippen LogP contribution in [0.3, 0.4) is 0 Å². The molecule has 0 aliphatic rings. The fourth-order valence-electron chi connectivity index (χ4n) is 3.76. The number of carbonyl (C=O) groups excluding carboxylic acids is 1. The van der Waals surface area contributed by atoms with Crippen molar-refractivity contribution in [1.29, 1.82) is 0 Å². The summed E-state index contributed by atoms with van der Waals surface area (Å²) in [6.45, 7) is 22.2. The lowest BCUT2D eigenvalue weighted by Crippen LogP contribution is -2.26. The Labute approximate surface area is 184 Å². The van der Waals surface area contributed by atoms with Crippen LogP contribution in [0.4, 0.5) is 5.69 Å². The lowest BCUT2D eigenvalue weighted by molar-refractivity contribution is -0.116. The molecule has 164 valence electrons. The summed E-state index contributed by atoms with van der Waals surface area (Å²) in [6, 6.07) is 14.9. The number of benzene rings is 2. The second-order valence-electron chi connectivity index (χ2n) is 11.8. The predicted octanol–water partition coefficient (Wildman–Crippen LogP) is 7.71. The van der Waals surface area contributed by atoms with Gasteiger partial charge in [-0.05, 0) is 44.4 Å². The van der Waals surface area contributed by atoms with Crippen molar-refractivity contribution in [2.24, 2.45) is 0 Å². The molecule has 0 heterocycles. The molecule has 30 heavy (non-hydrogen) atoms. The van der Waals surface area contributed by atoms with Crippen LogP contribution < -0.4 is 5.32 Å². The topological polar surface area (TPSA) is 29.1 Å². The highest BCUT2D eigenvalue weighted by Crippen LogP contribution is 2.41. The predicted molar refractivity (Wildman–Crippen MR) is 131 cm³/mol. The zero-order valence-electron chi connectivity index (χ0n) is 20.7. The maximum absolute atomic E-state index is 13.1. The molecule has 0 fully saturated rings. The molecule has 0 saturated heterocycles. The van der Waals surface area contributed by atoms with E-state index in [1.165, 1.54) is 22.3 Å². The highest BCUT2D eigenvalue weighted by Gasteiger charge is 2.30. The Morgan fingerprint density at radius 3 is 1.67 bits per heavy atom. The smallest absolute Gasteiger partial charge is 0.224 e. The van der Waals surface area contributed by atoms with E-state index in [0.717, 1.165) is 5.69 Å². The normalized spacial score (nSPS) is 13.8. The van der Waals surface area contributed by atoms with Crippen LogP contribution in [0.1, 0.15) is 104 Å². The van der Waals surface area contributed by atoms with E-state index in [4.69, 9.17) is 0 Å². The van der Waals surface area contributed by atoms with Crippen molar-refractivity contribution < 1.29 is 4.79 Å². The monoisotopic (exact) mass is 407 g/mol. The molecule has 2 aromatic carbocycles. The van der Waals surface area contributed by atoms with Gasteiger partial charge in [-0.2, -0.15) is 0 Å². The first-order valence-electron chi connectivity index (χ1n) is 11.1. The summed E-state index contributed by atoms with van der Waals surface area (Å²) in [4.78, 5) is 13.1. The molecule has 0 spiro atoms. The summed E-state index contributed by atoms with van der Waals surface area (Å²) < 4.78 is 0. The third-order valence-electron chi connectivity index (χ3n) is 5.75. The quantitative estimate of drug-likeness (QED) is 0.552. The number of nitrogens with one attached hydrogen (secondary N) is 1. The molecular formula is C28H41NO. The van der Waals surface area contributed by atoms with Gasteiger partial charge in [-0.3, -0.25) is 4.79 Å². The summed E-state index contributed by atoms with van der Waals surface area (Å²) in [7, 11) is 0. The number of hydrogen-bond donors (Lipinski definition) is 1. The average molecular weight is 408 g/mol. The van der Waals surface area contributed by atoms with E-state index >= 15 is 0 Å². The molecule has 0 unspecified atom stereocenters. The molecule has 2 nitrogen and oxygen atoms in total. The van der Waals surface area contributed by atoms with Gasteiger partial charge >= 0.3 is 0 Å². The van der Waals surface area contributed by atoms with Crippen molar-refractivity contribution in [3.05, 3.63) is 64.7 Å². The zero-order valence-corrected chi connectivity index (χ0v) is 20.7. The van der Waals surface area contributed by atoms with Crippen LogP contribution in [0.5, 0.6) is 0 Å². The Bertz CT molecular complexity index is 839. The molecule has 1 N–H and O–H groups in total. The van der Waals surface area contributed by atoms with Gasteiger partial charge in [0.2, 0.25) is 5.91 Å². The van der Waals surface area contributed by atoms with Crippen LogP contribution >= 0.6 is 0 Å². The second kappa shape index (κ2) is 8.57. The fourth-order valence-corrected chi connectivity index (χ4v) is 3.76. The Morgan fingerprint density at radius 1 is 0.800 bits per heavy atom. The first kappa shape index (κ1) is 24.2. The maximum Gasteiger partial charge on any atom is 0.224 e. The molecule has 1 atom stereocenters. The van der Waals surface area contributed by atoms with Crippen LogP contribution in [-0.2, 0) is 21.0 Å². The van der Waals surface area contributed by atoms with E-state index in [1.54, 1.807) is 0 Å². The van der Waals surface area contributed by atoms with Crippen LogP contribution in [0.25, 0.3) is 0 Å². The van der Waals surface area contributed by atoms with Gasteiger partial charge in [0.1, 0.15) is 0 Å². The van der Waals surface area contributed by atoms with E-state index in [0.29, 0.717) is 6.42 Å². The van der Waals surface area contributed by atoms with Gasteiger partial charge in [-0.1, -0.05) is 112 Å². The standard InChI is InChI=1S/C28H41NO/c1-19(20-14-12-11-13-15-20)16-24(30)29-25-22(27(5,6)7)17-21(26(2,3)4)18-23(25)28(8,9)10/h11-15,17-19H,16H2,1-10H3,(H,29,30)/t19-/m1/s1. The lowest BCUT2D eigenvalue weighted by atomic mass is 9.74. The fraction of sp³-hybridized carbons (Fsp3) is 0.536. The van der Waals surface area contributed by atoms with Crippen molar-refractivity contribution in [2.45, 2.75) is 97.8 Å². The van der Waals surface area contributed by atoms with Gasteiger partial charge in [0.15, 0.2) is 0 Å². The summed E-state index contributed by atoms with van der Waals surface area (Å²) in [5.74, 6) is 0.252. The van der Waals surface area contributed by atoms with E-state index in [2.05, 4.69) is 98.8 Å². The van der Waals surface area contributed by atoms with Crippen molar-refractivity contribution in [3.8, 4) is 0 Å². The minimum absolute atomic E-state index is 0.0460. The average Bonchev–Trinajstić information content (AvgIpc) is 2.59. The molecule has 0 aromatic heterocycles. The van der Waals surface area contributed by atoms with Crippen molar-refractivity contribution in [3.63, 3.8) is 0 Å². The van der Waals surface area contributed by atoms with Gasteiger partial charge in [-0.25, -0.2) is 0 Å². The molecule has 2 rings (SSSR count). The van der Waals surface area contributed by atoms with Crippen LogP contribution in [0.2, 0.25) is 0 Å². The van der Waals surface area contributed by atoms with Crippen molar-refractivity contribution in [2.75, 3.05) is 5.32 Å². The summed E-state index contributed by atoms with van der Waals surface area (Å²) >= 11 is 0. The minimum atomic E-state index is -0.0745. The molecule has 0 aliphatic heterocycles. The first-order chi connectivity index (χ1) is 13.6. The summed E-state index contributed by atoms with van der Waals surface area (Å²) in [5.41, 5.74) is 5.82. The van der Waals surface area contributed by atoms with E-state index < -0.39 is 0 Å². The number of rotatable bonds is 4. The molecule has 2 aromatic rings. The van der Waals surface area contributed by atoms with E-state index in [1.807, 2.05) is 18.2 Å². The van der Waals surface area contributed by atoms with Gasteiger partial charge in [0.25, 0.3) is 0 Å². The maximum atomic E-state index is 13.1. The second-order valence-corrected chi connectivity index (χ2v) is 11.8. The molecular weight excluding hydrogens is 366 g/mol. The van der Waals surface area contributed by atoms with E-state index in [9.17, 15) is 4.79 Å². The molecule has 2 heteroatoms. The van der Waals surface area contributed by atoms with Crippen LogP contribution in [-0.4, -0.2) is 5.91 Å². The number of hydrogen-bond acceptors (Lipinski definition) is 1. The first-order valence-corrected chi connectivity index (χ1v) is 11.1. The summed E-state index contributed by atoms with van der Waals surface area (Å²) in [6.07, 6.45) is 0.470. The van der Waals surface area contributed by atoms with Crippen LogP contribution in [0, 0.1) is 0 Å². The van der Waals surface area contributed by atoms with Crippen LogP contribution in [0.15, 0.2) is 42.5 Å². The number of anilines is 1. The Morgan fingerprint density at radius 2 is 1.27 bits per heavy atom. The highest BCUT2D eigenvalue weighted by atomic mass is 16.1. The highest BCUT2D eigenvalue weighted by molar-refractivity contribution is 5.93. The SMILES string of the molecule is C[C@H](CC(=O)Nc1c(C(C)(C)C)cc(C(C)(C)C)cc1C(C)(C)C)c1ccccc1. The molecule has 1 amide bonds. The third kappa shape index (κ3) is 5.97. The van der Waals surface area contributed by atoms with Gasteiger partial charge in [-0.15, -0.1) is 0 Å².